The first-order valence-corrected chi connectivity index (χ1v) is 25.9. The van der Waals surface area contributed by atoms with E-state index >= 15 is 0 Å². The van der Waals surface area contributed by atoms with E-state index in [2.05, 4.69) is 304 Å². The summed E-state index contributed by atoms with van der Waals surface area (Å²) in [6.07, 6.45) is 0. The summed E-state index contributed by atoms with van der Waals surface area (Å²) in [6.45, 7) is 9.67. The summed E-state index contributed by atoms with van der Waals surface area (Å²) in [5.41, 5.74) is 26.5. The van der Waals surface area contributed by atoms with Crippen molar-refractivity contribution in [2.75, 3.05) is 9.80 Å². The lowest BCUT2D eigenvalue weighted by Gasteiger charge is -2.50. The van der Waals surface area contributed by atoms with Crippen LogP contribution in [0.5, 0.6) is 0 Å². The second kappa shape index (κ2) is 17.9. The first-order chi connectivity index (χ1) is 36.2. The Morgan fingerprint density at radius 2 is 0.500 bits per heavy atom. The SMILES string of the molecule is CC1(C)c2ccc(-c3ccccc3)cc2N2c3cc(-c4ccccc4)ccc3C(C)(C)c3cc(-c4ccc(-c5ccc(N(c6ccc(-c7ccccc7)cc6)c6ccc(-c7ccccc7)cc6)cc5)cc4)cc1c32. The molecule has 11 aromatic rings. The van der Waals surface area contributed by atoms with Crippen molar-refractivity contribution in [2.24, 2.45) is 0 Å². The molecule has 0 saturated heterocycles. The van der Waals surface area contributed by atoms with E-state index in [1.165, 1.54) is 106 Å². The standard InChI is InChI=1S/C72H56N2/c1-71(2)64-43-35-58(51-21-13-7-14-22-51)47-68(64)74-69-48-59(52-23-15-8-16-24-52)36-44-65(69)72(3,4)67-46-60(45-66(71)70(67)74)57-27-25-53(26-28-57)56-33-41-63(42-34-56)73(61-37-29-54(30-38-61)49-17-9-5-10-18-49)62-39-31-55(32-40-62)50-19-11-6-12-20-50/h5-48H,1-4H3. The van der Waals surface area contributed by atoms with Crippen molar-refractivity contribution in [3.8, 4) is 66.8 Å². The van der Waals surface area contributed by atoms with Crippen molar-refractivity contribution in [1.82, 2.24) is 0 Å². The van der Waals surface area contributed by atoms with Crippen molar-refractivity contribution >= 4 is 34.1 Å². The first kappa shape index (κ1) is 44.9. The molecule has 0 bridgehead atoms. The van der Waals surface area contributed by atoms with E-state index in [1.807, 2.05) is 0 Å². The van der Waals surface area contributed by atoms with Crippen LogP contribution in [0, 0.1) is 0 Å². The molecule has 2 nitrogen and oxygen atoms in total. The highest BCUT2D eigenvalue weighted by Crippen LogP contribution is 2.61. The minimum absolute atomic E-state index is 0.269. The minimum Gasteiger partial charge on any atom is -0.311 e. The largest absolute Gasteiger partial charge is 0.311 e. The third kappa shape index (κ3) is 7.74. The summed E-state index contributed by atoms with van der Waals surface area (Å²) in [5, 5.41) is 0. The average Bonchev–Trinajstić information content (AvgIpc) is 3.46. The van der Waals surface area contributed by atoms with Crippen molar-refractivity contribution in [3.63, 3.8) is 0 Å². The first-order valence-electron chi connectivity index (χ1n) is 25.9. The highest BCUT2D eigenvalue weighted by Gasteiger charge is 2.46. The van der Waals surface area contributed by atoms with Gasteiger partial charge in [0.05, 0.1) is 17.1 Å². The maximum Gasteiger partial charge on any atom is 0.0544 e. The Labute approximate surface area is 436 Å². The van der Waals surface area contributed by atoms with Crippen LogP contribution in [0.25, 0.3) is 66.8 Å². The number of hydrogen-bond donors (Lipinski definition) is 0. The quantitative estimate of drug-likeness (QED) is 0.142. The van der Waals surface area contributed by atoms with Gasteiger partial charge in [-0.2, -0.15) is 0 Å². The molecule has 11 aromatic carbocycles. The fraction of sp³-hybridized carbons (Fsp3) is 0.0833. The predicted molar refractivity (Wildman–Crippen MR) is 313 cm³/mol. The molecule has 0 radical (unpaired) electrons. The number of nitrogens with zero attached hydrogens (tertiary/aromatic N) is 2. The molecule has 0 atom stereocenters. The molecule has 354 valence electrons. The average molecular weight is 949 g/mol. The summed E-state index contributed by atoms with van der Waals surface area (Å²) in [7, 11) is 0. The van der Waals surface area contributed by atoms with Gasteiger partial charge in [0, 0.05) is 27.9 Å². The molecule has 0 aromatic heterocycles. The smallest absolute Gasteiger partial charge is 0.0544 e. The Kier molecular flexibility index (Phi) is 10.9. The van der Waals surface area contributed by atoms with Crippen LogP contribution in [-0.4, -0.2) is 0 Å². The van der Waals surface area contributed by atoms with Gasteiger partial charge in [0.15, 0.2) is 0 Å². The molecule has 0 N–H and O–H groups in total. The number of anilines is 6. The van der Waals surface area contributed by atoms with Gasteiger partial charge >= 0.3 is 0 Å². The van der Waals surface area contributed by atoms with Gasteiger partial charge < -0.3 is 9.80 Å². The van der Waals surface area contributed by atoms with Crippen molar-refractivity contribution in [3.05, 3.63) is 289 Å². The monoisotopic (exact) mass is 948 g/mol. The van der Waals surface area contributed by atoms with Gasteiger partial charge in [-0.3, -0.25) is 0 Å². The zero-order valence-electron chi connectivity index (χ0n) is 42.3. The molecular weight excluding hydrogens is 893 g/mol. The van der Waals surface area contributed by atoms with Crippen LogP contribution in [0.3, 0.4) is 0 Å². The summed E-state index contributed by atoms with van der Waals surface area (Å²) in [6, 6.07) is 98.1. The van der Waals surface area contributed by atoms with Crippen molar-refractivity contribution < 1.29 is 0 Å². The van der Waals surface area contributed by atoms with Crippen LogP contribution >= 0.6 is 0 Å². The normalized spacial score (nSPS) is 13.6. The Hall–Kier alpha value is -8.98. The van der Waals surface area contributed by atoms with Crippen molar-refractivity contribution in [2.45, 2.75) is 38.5 Å². The van der Waals surface area contributed by atoms with Crippen LogP contribution in [-0.2, 0) is 10.8 Å². The number of fused-ring (bicyclic) bond motifs is 4. The minimum atomic E-state index is -0.269. The summed E-state index contributed by atoms with van der Waals surface area (Å²) in [5.74, 6) is 0. The van der Waals surface area contributed by atoms with Crippen LogP contribution in [0.15, 0.2) is 267 Å². The molecule has 13 rings (SSSR count). The Morgan fingerprint density at radius 3 is 0.824 bits per heavy atom. The van der Waals surface area contributed by atoms with Crippen LogP contribution in [0.2, 0.25) is 0 Å². The highest BCUT2D eigenvalue weighted by molar-refractivity contribution is 5.97. The van der Waals surface area contributed by atoms with Crippen LogP contribution in [0.1, 0.15) is 49.9 Å². The topological polar surface area (TPSA) is 6.48 Å². The Balaban J connectivity index is 0.866. The third-order valence-corrected chi connectivity index (χ3v) is 15.9. The highest BCUT2D eigenvalue weighted by atomic mass is 15.2. The van der Waals surface area contributed by atoms with E-state index in [4.69, 9.17) is 0 Å². The lowest BCUT2D eigenvalue weighted by Crippen LogP contribution is -2.38. The third-order valence-electron chi connectivity index (χ3n) is 15.9. The Bertz CT molecular complexity index is 3610. The van der Waals surface area contributed by atoms with Gasteiger partial charge in [0.2, 0.25) is 0 Å². The molecule has 0 unspecified atom stereocenters. The number of hydrogen-bond acceptors (Lipinski definition) is 2. The summed E-state index contributed by atoms with van der Waals surface area (Å²) in [4.78, 5) is 4.95. The number of rotatable bonds is 9. The second-order valence-corrected chi connectivity index (χ2v) is 21.0. The fourth-order valence-electron chi connectivity index (χ4n) is 11.7. The molecule has 0 aliphatic carbocycles. The summed E-state index contributed by atoms with van der Waals surface area (Å²) >= 11 is 0. The zero-order valence-corrected chi connectivity index (χ0v) is 42.3. The zero-order chi connectivity index (χ0) is 50.0. The maximum absolute atomic E-state index is 2.60. The van der Waals surface area contributed by atoms with Crippen LogP contribution < -0.4 is 9.80 Å². The molecule has 0 spiro atoms. The lowest BCUT2D eigenvalue weighted by molar-refractivity contribution is 0.598. The van der Waals surface area contributed by atoms with E-state index in [0.29, 0.717) is 0 Å². The summed E-state index contributed by atoms with van der Waals surface area (Å²) < 4.78 is 0. The van der Waals surface area contributed by atoms with Gasteiger partial charge in [0.25, 0.3) is 0 Å². The van der Waals surface area contributed by atoms with E-state index in [9.17, 15) is 0 Å². The lowest BCUT2D eigenvalue weighted by atomic mass is 9.65. The van der Waals surface area contributed by atoms with E-state index in [1.54, 1.807) is 0 Å². The second-order valence-electron chi connectivity index (χ2n) is 21.0. The molecule has 0 saturated carbocycles. The maximum atomic E-state index is 2.60. The molecule has 74 heavy (non-hydrogen) atoms. The van der Waals surface area contributed by atoms with E-state index in [0.717, 1.165) is 17.1 Å². The number of benzene rings is 11. The van der Waals surface area contributed by atoms with E-state index < -0.39 is 0 Å². The molecule has 2 aliphatic heterocycles. The van der Waals surface area contributed by atoms with E-state index in [-0.39, 0.29) is 10.8 Å². The van der Waals surface area contributed by atoms with Gasteiger partial charge in [-0.15, -0.1) is 0 Å². The van der Waals surface area contributed by atoms with Crippen molar-refractivity contribution in [1.29, 1.82) is 0 Å². The molecule has 2 heterocycles. The molecule has 0 fully saturated rings. The Morgan fingerprint density at radius 1 is 0.243 bits per heavy atom. The van der Waals surface area contributed by atoms with Crippen LogP contribution in [0.4, 0.5) is 34.1 Å². The molecule has 2 aliphatic rings. The predicted octanol–water partition coefficient (Wildman–Crippen LogP) is 19.9. The van der Waals surface area contributed by atoms with Gasteiger partial charge in [-0.1, -0.05) is 234 Å². The van der Waals surface area contributed by atoms with Gasteiger partial charge in [-0.25, -0.2) is 0 Å². The fourth-order valence-corrected chi connectivity index (χ4v) is 11.7. The van der Waals surface area contributed by atoms with Gasteiger partial charge in [-0.05, 0) is 150 Å². The molecule has 2 heteroatoms. The molecular formula is C72H56N2. The van der Waals surface area contributed by atoms with Gasteiger partial charge in [0.1, 0.15) is 0 Å². The molecule has 0 amide bonds.